The molecule has 338 valence electrons. The summed E-state index contributed by atoms with van der Waals surface area (Å²) in [5.74, 6) is 0.812. The molecule has 0 saturated heterocycles. The molecule has 2 aliphatic rings. The molecule has 0 saturated carbocycles. The molecule has 0 amide bonds. The molecule has 1 aromatic heterocycles. The molecule has 5 nitrogen and oxygen atoms in total. The van der Waals surface area contributed by atoms with Crippen molar-refractivity contribution in [1.29, 1.82) is 0 Å². The van der Waals surface area contributed by atoms with Crippen LogP contribution in [0.1, 0.15) is 52.7 Å². The van der Waals surface area contributed by atoms with Gasteiger partial charge < -0.3 is 19.6 Å². The Morgan fingerprint density at radius 1 is 0.471 bits per heavy atom. The third-order valence-electron chi connectivity index (χ3n) is 13.0. The van der Waals surface area contributed by atoms with Crippen LogP contribution in [-0.2, 0) is 31.9 Å². The maximum atomic E-state index is 5.05. The Kier molecular flexibility index (Phi) is 11.7. The van der Waals surface area contributed by atoms with Crippen LogP contribution in [0.4, 0.5) is 57.0 Å². The van der Waals surface area contributed by atoms with Crippen LogP contribution in [-0.4, -0.2) is 4.98 Å². The molecule has 0 aliphatic carbocycles. The second kappa shape index (κ2) is 17.8. The summed E-state index contributed by atoms with van der Waals surface area (Å²) in [7, 11) is 0. The van der Waals surface area contributed by atoms with Gasteiger partial charge in [0.05, 0.1) is 5.69 Å². The Morgan fingerprint density at radius 2 is 1.07 bits per heavy atom. The van der Waals surface area contributed by atoms with E-state index in [9.17, 15) is 0 Å². The summed E-state index contributed by atoms with van der Waals surface area (Å²) in [4.78, 5) is 14.2. The smallest absolute Gasteiger partial charge is 0.135 e. The molecule has 68 heavy (non-hydrogen) atoms. The largest absolute Gasteiger partial charge is 0.493 e. The van der Waals surface area contributed by atoms with Gasteiger partial charge in [0.15, 0.2) is 0 Å². The van der Waals surface area contributed by atoms with Gasteiger partial charge in [-0.15, -0.1) is 53.8 Å². The summed E-state index contributed by atoms with van der Waals surface area (Å²) >= 11 is 0. The van der Waals surface area contributed by atoms with Crippen molar-refractivity contribution in [1.82, 2.24) is 4.98 Å². The van der Waals surface area contributed by atoms with Gasteiger partial charge in [-0.1, -0.05) is 179 Å². The summed E-state index contributed by atoms with van der Waals surface area (Å²) in [5, 5.41) is 0. The Labute approximate surface area is 416 Å². The first-order chi connectivity index (χ1) is 32.5. The molecule has 8 aromatic carbocycles. The first kappa shape index (κ1) is 44.6. The molecule has 0 radical (unpaired) electrons. The van der Waals surface area contributed by atoms with E-state index in [1.54, 1.807) is 0 Å². The van der Waals surface area contributed by atoms with Gasteiger partial charge in [-0.25, -0.2) is 4.98 Å². The number of fused-ring (bicyclic) bond motifs is 6. The van der Waals surface area contributed by atoms with Crippen LogP contribution in [0.25, 0.3) is 33.4 Å². The third kappa shape index (κ3) is 8.20. The molecule has 2 aliphatic heterocycles. The normalized spacial score (nSPS) is 12.9. The molecular formula is C62H52N5Pt-3. The fourth-order valence-electron chi connectivity index (χ4n) is 9.39. The van der Waals surface area contributed by atoms with E-state index in [-0.39, 0.29) is 31.9 Å². The zero-order chi connectivity index (χ0) is 45.9. The molecular weight excluding hydrogens is 1010 g/mol. The van der Waals surface area contributed by atoms with Gasteiger partial charge in [0.25, 0.3) is 0 Å². The van der Waals surface area contributed by atoms with Crippen LogP contribution in [0.3, 0.4) is 0 Å². The summed E-state index contributed by atoms with van der Waals surface area (Å²) in [5.41, 5.74) is 18.2. The molecule has 0 unspecified atom stereocenters. The topological polar surface area (TPSA) is 25.9 Å². The van der Waals surface area contributed by atoms with Gasteiger partial charge in [-0.3, -0.25) is 0 Å². The quantitative estimate of drug-likeness (QED) is 0.148. The van der Waals surface area contributed by atoms with Gasteiger partial charge in [-0.2, -0.15) is 6.07 Å². The number of para-hydroxylation sites is 4. The number of pyridine rings is 1. The number of anilines is 10. The maximum absolute atomic E-state index is 5.05. The van der Waals surface area contributed by atoms with Gasteiger partial charge in [0.2, 0.25) is 0 Å². The zero-order valence-electron chi connectivity index (χ0n) is 39.2. The van der Waals surface area contributed by atoms with Crippen LogP contribution in [0.15, 0.2) is 200 Å². The Hall–Kier alpha value is -7.20. The van der Waals surface area contributed by atoms with Crippen LogP contribution in [0.5, 0.6) is 0 Å². The summed E-state index contributed by atoms with van der Waals surface area (Å²) < 4.78 is 0. The Morgan fingerprint density at radius 3 is 1.75 bits per heavy atom. The van der Waals surface area contributed by atoms with E-state index in [1.165, 1.54) is 11.1 Å². The molecule has 0 N–H and O–H groups in total. The van der Waals surface area contributed by atoms with Crippen molar-refractivity contribution < 1.29 is 21.1 Å². The van der Waals surface area contributed by atoms with Gasteiger partial charge in [-0.05, 0) is 87.7 Å². The number of hydrogen-bond acceptors (Lipinski definition) is 5. The Balaban J connectivity index is 0.00000539. The number of rotatable bonds is 7. The van der Waals surface area contributed by atoms with E-state index in [0.717, 1.165) is 90.4 Å². The monoisotopic (exact) mass is 1060 g/mol. The average molecular weight is 1060 g/mol. The van der Waals surface area contributed by atoms with E-state index >= 15 is 0 Å². The van der Waals surface area contributed by atoms with E-state index in [1.807, 2.05) is 12.3 Å². The van der Waals surface area contributed by atoms with Crippen molar-refractivity contribution in [3.63, 3.8) is 0 Å². The summed E-state index contributed by atoms with van der Waals surface area (Å²) in [6.07, 6.45) is 1.88. The third-order valence-corrected chi connectivity index (χ3v) is 13.0. The van der Waals surface area contributed by atoms with Crippen LogP contribution >= 0.6 is 0 Å². The SMILES string of the molecule is CC(C)(C)c1ccc(-c2ccc3c(c2)N(c2ccccn2)c2[c-]c(N(c4[c-]c(N5[CH-]N(c6ccccc6)c6ccccc65)cc(C(C)(C)C)c4)c4ccccc4)ccc2-c2ccccc2-3)cc1.[Pt]. The molecule has 11 rings (SSSR count). The van der Waals surface area contributed by atoms with Crippen molar-refractivity contribution in [3.8, 4) is 33.4 Å². The number of nitrogens with zero attached hydrogens (tertiary/aromatic N) is 5. The molecule has 0 bridgehead atoms. The minimum absolute atomic E-state index is 0. The fraction of sp³-hybridized carbons (Fsp3) is 0.129. The number of hydrogen-bond donors (Lipinski definition) is 0. The number of benzene rings is 8. The summed E-state index contributed by atoms with van der Waals surface area (Å²) in [6.45, 7) is 15.8. The van der Waals surface area contributed by atoms with Crippen molar-refractivity contribution >= 4 is 57.0 Å². The van der Waals surface area contributed by atoms with E-state index in [0.29, 0.717) is 0 Å². The van der Waals surface area contributed by atoms with E-state index in [4.69, 9.17) is 4.98 Å². The minimum Gasteiger partial charge on any atom is -0.493 e. The van der Waals surface area contributed by atoms with Crippen LogP contribution in [0, 0.1) is 18.8 Å². The summed E-state index contributed by atoms with van der Waals surface area (Å²) in [6, 6.07) is 77.6. The predicted molar refractivity (Wildman–Crippen MR) is 280 cm³/mol. The first-order valence-electron chi connectivity index (χ1n) is 23.1. The van der Waals surface area contributed by atoms with Crippen molar-refractivity contribution in [2.75, 3.05) is 19.6 Å². The van der Waals surface area contributed by atoms with Gasteiger partial charge in [0.1, 0.15) is 5.82 Å². The standard InChI is InChI=1S/C62H52N5.Pt/c1-61(2,3)45-31-28-43(29-32-45)44-30-34-54-52-23-13-14-24-53(52)55-35-33-49(41-59(55)67(58(54)37-44)60-27-17-18-36-63-60)66(48-21-11-8-12-22-48)51-39-46(62(4,5)6)38-50(40-51)65-42-64(47-19-9-7-10-20-47)56-25-15-16-26-57(56)65;/h7-39,42H,1-6H3;/q-3;. The molecule has 0 fully saturated rings. The average Bonchev–Trinajstić information content (AvgIpc) is 3.69. The molecule has 0 spiro atoms. The van der Waals surface area contributed by atoms with Gasteiger partial charge >= 0.3 is 0 Å². The molecule has 3 heterocycles. The Bertz CT molecular complexity index is 3250. The van der Waals surface area contributed by atoms with E-state index in [2.05, 4.69) is 268 Å². The van der Waals surface area contributed by atoms with Crippen LogP contribution < -0.4 is 19.6 Å². The van der Waals surface area contributed by atoms with E-state index < -0.39 is 0 Å². The predicted octanol–water partition coefficient (Wildman–Crippen LogP) is 16.9. The second-order valence-electron chi connectivity index (χ2n) is 19.5. The fourth-order valence-corrected chi connectivity index (χ4v) is 9.39. The van der Waals surface area contributed by atoms with Crippen molar-refractivity contribution in [2.24, 2.45) is 0 Å². The number of aromatic nitrogens is 1. The molecule has 9 aromatic rings. The van der Waals surface area contributed by atoms with Crippen LogP contribution in [0.2, 0.25) is 0 Å². The molecule has 0 atom stereocenters. The first-order valence-corrected chi connectivity index (χ1v) is 23.1. The second-order valence-corrected chi connectivity index (χ2v) is 19.5. The van der Waals surface area contributed by atoms with Crippen molar-refractivity contribution in [2.45, 2.75) is 52.4 Å². The van der Waals surface area contributed by atoms with Crippen molar-refractivity contribution in [3.05, 3.63) is 230 Å². The minimum atomic E-state index is -0.176. The maximum Gasteiger partial charge on any atom is 0.135 e. The van der Waals surface area contributed by atoms with Gasteiger partial charge in [0, 0.05) is 55.6 Å². The molecule has 6 heteroatoms. The zero-order valence-corrected chi connectivity index (χ0v) is 41.5.